The number of rotatable bonds is 12. The number of imidazole rings is 1. The van der Waals surface area contributed by atoms with Crippen molar-refractivity contribution in [1.82, 2.24) is 25.9 Å². The minimum Gasteiger partial charge on any atom is -0.480 e. The van der Waals surface area contributed by atoms with E-state index in [1.54, 1.807) is 0 Å². The van der Waals surface area contributed by atoms with Crippen LogP contribution in [0.3, 0.4) is 0 Å². The Morgan fingerprint density at radius 3 is 2.13 bits per heavy atom. The number of carbonyl (C=O) groups is 4. The van der Waals surface area contributed by atoms with Gasteiger partial charge in [0.05, 0.1) is 12.4 Å². The summed E-state index contributed by atoms with van der Waals surface area (Å²) >= 11 is 0. The maximum Gasteiger partial charge on any atom is 0.326 e. The average molecular weight is 441 g/mol. The van der Waals surface area contributed by atoms with E-state index in [2.05, 4.69) is 25.9 Å². The van der Waals surface area contributed by atoms with E-state index in [0.717, 1.165) is 0 Å². The number of nitrogens with zero attached hydrogens (tertiary/aromatic N) is 1. The summed E-state index contributed by atoms with van der Waals surface area (Å²) in [5.74, 6) is -3.25. The molecular formula is C19H32N6O6. The van der Waals surface area contributed by atoms with Crippen LogP contribution in [0.15, 0.2) is 12.5 Å². The molecule has 0 aliphatic heterocycles. The second-order valence-corrected chi connectivity index (χ2v) is 7.87. The van der Waals surface area contributed by atoms with Gasteiger partial charge in [0.1, 0.15) is 24.2 Å². The molecule has 0 aromatic carbocycles. The lowest BCUT2D eigenvalue weighted by Gasteiger charge is -2.24. The maximum atomic E-state index is 12.8. The monoisotopic (exact) mass is 440 g/mol. The molecule has 3 amide bonds. The highest BCUT2D eigenvalue weighted by Gasteiger charge is 2.30. The zero-order valence-electron chi connectivity index (χ0n) is 18.1. The Kier molecular flexibility index (Phi) is 10.1. The molecule has 5 atom stereocenters. The Morgan fingerprint density at radius 1 is 1.03 bits per heavy atom. The summed E-state index contributed by atoms with van der Waals surface area (Å²) in [6, 6.07) is -4.51. The minimum absolute atomic E-state index is 0.0235. The molecule has 5 unspecified atom stereocenters. The summed E-state index contributed by atoms with van der Waals surface area (Å²) in [4.78, 5) is 55.5. The molecule has 0 aliphatic rings. The van der Waals surface area contributed by atoms with Gasteiger partial charge in [0.25, 0.3) is 0 Å². The summed E-state index contributed by atoms with van der Waals surface area (Å²) in [6.45, 7) is 6.39. The summed E-state index contributed by atoms with van der Waals surface area (Å²) < 4.78 is 0. The van der Waals surface area contributed by atoms with E-state index in [1.165, 1.54) is 26.4 Å². The van der Waals surface area contributed by atoms with Crippen molar-refractivity contribution in [3.8, 4) is 0 Å². The molecule has 0 fully saturated rings. The molecule has 0 saturated heterocycles. The van der Waals surface area contributed by atoms with Gasteiger partial charge in [-0.15, -0.1) is 0 Å². The Labute approximate surface area is 180 Å². The van der Waals surface area contributed by atoms with E-state index in [1.807, 2.05) is 13.8 Å². The molecule has 31 heavy (non-hydrogen) atoms. The number of carbonyl (C=O) groups excluding carboxylic acids is 3. The molecule has 1 aromatic rings. The van der Waals surface area contributed by atoms with Gasteiger partial charge in [0, 0.05) is 18.3 Å². The molecule has 12 nitrogen and oxygen atoms in total. The normalized spacial score (nSPS) is 16.0. The third kappa shape index (κ3) is 8.72. The molecular weight excluding hydrogens is 408 g/mol. The first-order chi connectivity index (χ1) is 14.4. The lowest BCUT2D eigenvalue weighted by atomic mass is 10.0. The van der Waals surface area contributed by atoms with Crippen molar-refractivity contribution in [1.29, 1.82) is 0 Å². The molecule has 8 N–H and O–H groups in total. The van der Waals surface area contributed by atoms with Crippen molar-refractivity contribution in [2.45, 2.75) is 70.8 Å². The van der Waals surface area contributed by atoms with Crippen LogP contribution in [-0.4, -0.2) is 74.1 Å². The second-order valence-electron chi connectivity index (χ2n) is 7.87. The Bertz CT molecular complexity index is 751. The van der Waals surface area contributed by atoms with Crippen LogP contribution in [0.5, 0.6) is 0 Å². The van der Waals surface area contributed by atoms with Gasteiger partial charge in [0.2, 0.25) is 17.7 Å². The van der Waals surface area contributed by atoms with Gasteiger partial charge in [0.15, 0.2) is 0 Å². The van der Waals surface area contributed by atoms with Gasteiger partial charge in [-0.3, -0.25) is 14.4 Å². The van der Waals surface area contributed by atoms with E-state index >= 15 is 0 Å². The molecule has 1 heterocycles. The number of aliphatic hydroxyl groups excluding tert-OH is 1. The van der Waals surface area contributed by atoms with Gasteiger partial charge in [-0.2, -0.15) is 0 Å². The number of aromatic nitrogens is 2. The molecule has 0 spiro atoms. The Morgan fingerprint density at radius 2 is 1.65 bits per heavy atom. The predicted molar refractivity (Wildman–Crippen MR) is 111 cm³/mol. The average Bonchev–Trinajstić information content (AvgIpc) is 3.18. The fourth-order valence-electron chi connectivity index (χ4n) is 2.68. The summed E-state index contributed by atoms with van der Waals surface area (Å²) in [5, 5.41) is 26.1. The quantitative estimate of drug-likeness (QED) is 0.199. The van der Waals surface area contributed by atoms with E-state index in [9.17, 15) is 29.4 Å². The van der Waals surface area contributed by atoms with Crippen molar-refractivity contribution >= 4 is 23.7 Å². The van der Waals surface area contributed by atoms with Gasteiger partial charge >= 0.3 is 5.97 Å². The standard InChI is InChI=1S/C19H32N6O6/c1-9(2)5-14(19(30)31)25-17(28)13(6-12-7-21-8-22-12)24-16(27)10(3)23-18(29)15(20)11(4)26/h7-11,13-15,26H,5-6,20H2,1-4H3,(H,21,22)(H,23,29)(H,24,27)(H,25,28)(H,30,31). The molecule has 0 saturated carbocycles. The highest BCUT2D eigenvalue weighted by molar-refractivity contribution is 5.94. The summed E-state index contributed by atoms with van der Waals surface area (Å²) in [5.41, 5.74) is 6.09. The Hall–Kier alpha value is -2.99. The van der Waals surface area contributed by atoms with Crippen molar-refractivity contribution < 1.29 is 29.4 Å². The third-order valence-electron chi connectivity index (χ3n) is 4.51. The molecule has 0 bridgehead atoms. The van der Waals surface area contributed by atoms with Crippen molar-refractivity contribution in [3.63, 3.8) is 0 Å². The largest absolute Gasteiger partial charge is 0.480 e. The first kappa shape index (κ1) is 26.0. The first-order valence-corrected chi connectivity index (χ1v) is 9.97. The maximum absolute atomic E-state index is 12.8. The molecule has 1 rings (SSSR count). The van der Waals surface area contributed by atoms with Crippen LogP contribution in [0.4, 0.5) is 0 Å². The first-order valence-electron chi connectivity index (χ1n) is 9.97. The van der Waals surface area contributed by atoms with Crippen LogP contribution < -0.4 is 21.7 Å². The van der Waals surface area contributed by atoms with Crippen LogP contribution in [0, 0.1) is 5.92 Å². The molecule has 1 aromatic heterocycles. The number of carboxylic acids is 1. The molecule has 174 valence electrons. The second kappa shape index (κ2) is 12.0. The molecule has 12 heteroatoms. The fraction of sp³-hybridized carbons (Fsp3) is 0.632. The number of H-pyrrole nitrogens is 1. The Balaban J connectivity index is 2.89. The fourth-order valence-corrected chi connectivity index (χ4v) is 2.68. The van der Waals surface area contributed by atoms with Crippen molar-refractivity contribution in [3.05, 3.63) is 18.2 Å². The predicted octanol–water partition coefficient (Wildman–Crippen LogP) is -1.73. The number of carboxylic acid groups (broad SMARTS) is 1. The zero-order valence-corrected chi connectivity index (χ0v) is 18.1. The van der Waals surface area contributed by atoms with Crippen LogP contribution >= 0.6 is 0 Å². The highest BCUT2D eigenvalue weighted by Crippen LogP contribution is 2.07. The lowest BCUT2D eigenvalue weighted by Crippen LogP contribution is -2.57. The van der Waals surface area contributed by atoms with Gasteiger partial charge in [-0.25, -0.2) is 9.78 Å². The summed E-state index contributed by atoms with van der Waals surface area (Å²) in [7, 11) is 0. The molecule has 0 radical (unpaired) electrons. The minimum atomic E-state index is -1.22. The number of hydrogen-bond donors (Lipinski definition) is 7. The van der Waals surface area contributed by atoms with E-state index in [-0.39, 0.29) is 18.8 Å². The van der Waals surface area contributed by atoms with Gasteiger partial charge in [-0.05, 0) is 26.2 Å². The van der Waals surface area contributed by atoms with Crippen LogP contribution in [0.25, 0.3) is 0 Å². The smallest absolute Gasteiger partial charge is 0.326 e. The van der Waals surface area contributed by atoms with Crippen molar-refractivity contribution in [2.24, 2.45) is 11.7 Å². The number of aromatic amines is 1. The van der Waals surface area contributed by atoms with Crippen LogP contribution in [0.2, 0.25) is 0 Å². The number of aliphatic hydroxyl groups is 1. The summed E-state index contributed by atoms with van der Waals surface area (Å²) in [6.07, 6.45) is 2.02. The lowest BCUT2D eigenvalue weighted by molar-refractivity contribution is -0.142. The van der Waals surface area contributed by atoms with Crippen molar-refractivity contribution in [2.75, 3.05) is 0 Å². The SMILES string of the molecule is CC(C)CC(NC(=O)C(Cc1cnc[nH]1)NC(=O)C(C)NC(=O)C(N)C(C)O)C(=O)O. The van der Waals surface area contributed by atoms with Gasteiger partial charge in [-0.1, -0.05) is 13.8 Å². The number of hydrogen-bond acceptors (Lipinski definition) is 7. The number of nitrogens with one attached hydrogen (secondary N) is 4. The van der Waals surface area contributed by atoms with Crippen LogP contribution in [0.1, 0.15) is 39.8 Å². The zero-order chi connectivity index (χ0) is 23.7. The number of amides is 3. The van der Waals surface area contributed by atoms with E-state index in [0.29, 0.717) is 5.69 Å². The highest BCUT2D eigenvalue weighted by atomic mass is 16.4. The molecule has 0 aliphatic carbocycles. The van der Waals surface area contributed by atoms with E-state index < -0.39 is 54.0 Å². The number of aliphatic carboxylic acids is 1. The van der Waals surface area contributed by atoms with Crippen LogP contribution in [-0.2, 0) is 25.6 Å². The van der Waals surface area contributed by atoms with Gasteiger partial charge < -0.3 is 36.9 Å². The third-order valence-corrected chi connectivity index (χ3v) is 4.51. The number of nitrogens with two attached hydrogens (primary N) is 1. The topological polar surface area (TPSA) is 200 Å². The van der Waals surface area contributed by atoms with E-state index in [4.69, 9.17) is 5.73 Å².